The quantitative estimate of drug-likeness (QED) is 0.552. The molecule has 0 heterocycles. The summed E-state index contributed by atoms with van der Waals surface area (Å²) in [6.07, 6.45) is -2.13. The van der Waals surface area contributed by atoms with Gasteiger partial charge in [0.05, 0.1) is 6.54 Å². The monoisotopic (exact) mass is 364 g/mol. The molecule has 2 rings (SSSR count). The van der Waals surface area contributed by atoms with Crippen molar-refractivity contribution in [1.29, 1.82) is 0 Å². The maximum absolute atomic E-state index is 12.9. The van der Waals surface area contributed by atoms with Crippen LogP contribution in [0.4, 0.5) is 13.6 Å². The van der Waals surface area contributed by atoms with Gasteiger partial charge in [0.2, 0.25) is 6.54 Å². The van der Waals surface area contributed by atoms with Crippen LogP contribution in [0.5, 0.6) is 0 Å². The molecule has 0 atom stereocenters. The lowest BCUT2D eigenvalue weighted by atomic mass is 10.1. The van der Waals surface area contributed by atoms with E-state index < -0.39 is 29.4 Å². The summed E-state index contributed by atoms with van der Waals surface area (Å²) in [4.78, 5) is 29.9. The fourth-order valence-electron chi connectivity index (χ4n) is 2.63. The maximum atomic E-state index is 12.9. The third-order valence-corrected chi connectivity index (χ3v) is 4.15. The minimum absolute atomic E-state index is 0.0800. The average Bonchev–Trinajstić information content (AvgIpc) is 3.31. The number of halogens is 2. The van der Waals surface area contributed by atoms with E-state index in [4.69, 9.17) is 11.3 Å². The van der Waals surface area contributed by atoms with E-state index in [-0.39, 0.29) is 24.2 Å². The number of rotatable bonds is 6. The van der Waals surface area contributed by atoms with Crippen LogP contribution in [0.3, 0.4) is 0 Å². The highest BCUT2D eigenvalue weighted by atomic mass is 19.3. The van der Waals surface area contributed by atoms with Gasteiger partial charge < -0.3 is 9.58 Å². The van der Waals surface area contributed by atoms with Gasteiger partial charge in [-0.2, -0.15) is 0 Å². The number of hydrogen-bond acceptors (Lipinski definition) is 3. The minimum Gasteiger partial charge on any atom is -0.444 e. The molecule has 1 saturated carbocycles. The molecule has 5 nitrogen and oxygen atoms in total. The molecule has 1 aromatic carbocycles. The minimum atomic E-state index is -2.68. The summed E-state index contributed by atoms with van der Waals surface area (Å²) < 4.78 is 31.1. The number of benzene rings is 1. The van der Waals surface area contributed by atoms with E-state index in [9.17, 15) is 18.4 Å². The highest BCUT2D eigenvalue weighted by Gasteiger charge is 2.55. The van der Waals surface area contributed by atoms with Crippen molar-refractivity contribution in [3.8, 4) is 0 Å². The summed E-state index contributed by atoms with van der Waals surface area (Å²) in [5.74, 6) is -0.463. The molecule has 0 aromatic heterocycles. The van der Waals surface area contributed by atoms with Gasteiger partial charge in [0, 0.05) is 11.1 Å². The fourth-order valence-corrected chi connectivity index (χ4v) is 2.63. The van der Waals surface area contributed by atoms with Gasteiger partial charge in [-0.1, -0.05) is 18.2 Å². The highest BCUT2D eigenvalue weighted by molar-refractivity contribution is 5.99. The molecule has 0 unspecified atom stereocenters. The number of amides is 1. The number of nitrogens with zero attached hydrogens (tertiary/aromatic N) is 2. The molecule has 0 radical (unpaired) electrons. The molecule has 1 amide bonds. The summed E-state index contributed by atoms with van der Waals surface area (Å²) >= 11 is 0. The Morgan fingerprint density at radius 1 is 1.35 bits per heavy atom. The van der Waals surface area contributed by atoms with Crippen molar-refractivity contribution in [2.24, 2.45) is 0 Å². The Bertz CT molecular complexity index is 731. The van der Waals surface area contributed by atoms with Crippen LogP contribution in [0.2, 0.25) is 0 Å². The molecule has 0 spiro atoms. The molecule has 1 fully saturated rings. The van der Waals surface area contributed by atoms with Crippen molar-refractivity contribution >= 4 is 11.9 Å². The van der Waals surface area contributed by atoms with E-state index in [1.165, 1.54) is 23.1 Å². The van der Waals surface area contributed by atoms with E-state index >= 15 is 0 Å². The summed E-state index contributed by atoms with van der Waals surface area (Å²) in [5.41, 5.74) is -1.60. The zero-order valence-corrected chi connectivity index (χ0v) is 15.1. The van der Waals surface area contributed by atoms with Crippen molar-refractivity contribution in [2.45, 2.75) is 51.2 Å². The van der Waals surface area contributed by atoms with Crippen molar-refractivity contribution in [2.75, 3.05) is 13.1 Å². The predicted molar refractivity (Wildman–Crippen MR) is 92.1 cm³/mol. The van der Waals surface area contributed by atoms with Crippen molar-refractivity contribution in [3.05, 3.63) is 46.8 Å². The summed E-state index contributed by atoms with van der Waals surface area (Å²) in [7, 11) is 0. The molecule has 1 aliphatic carbocycles. The van der Waals surface area contributed by atoms with E-state index in [1.807, 2.05) is 0 Å². The molecule has 0 bridgehead atoms. The lowest BCUT2D eigenvalue weighted by Crippen LogP contribution is -2.48. The zero-order valence-electron chi connectivity index (χ0n) is 15.1. The molecule has 140 valence electrons. The molecule has 26 heavy (non-hydrogen) atoms. The lowest BCUT2D eigenvalue weighted by molar-refractivity contribution is 0.0147. The normalized spacial score (nSPS) is 15.3. The first-order valence-electron chi connectivity index (χ1n) is 8.33. The van der Waals surface area contributed by atoms with Crippen LogP contribution in [-0.2, 0) is 4.74 Å². The van der Waals surface area contributed by atoms with Gasteiger partial charge in [-0.3, -0.25) is 9.69 Å². The predicted octanol–water partition coefficient (Wildman–Crippen LogP) is 4.50. The largest absolute Gasteiger partial charge is 0.444 e. The maximum Gasteiger partial charge on any atom is 0.411 e. The number of carbonyl (C=O) groups excluding carboxylic acids is 2. The first kappa shape index (κ1) is 19.8. The van der Waals surface area contributed by atoms with Crippen molar-refractivity contribution < 1.29 is 23.1 Å². The van der Waals surface area contributed by atoms with Gasteiger partial charge in [0.15, 0.2) is 5.78 Å². The molecule has 0 N–H and O–H groups in total. The van der Waals surface area contributed by atoms with E-state index in [2.05, 4.69) is 4.85 Å². The molecule has 1 aliphatic rings. The second-order valence-corrected chi connectivity index (χ2v) is 7.46. The molecule has 0 saturated heterocycles. The summed E-state index contributed by atoms with van der Waals surface area (Å²) in [5, 5.41) is 0. The van der Waals surface area contributed by atoms with Crippen LogP contribution >= 0.6 is 0 Å². The SMILES string of the molecule is [C-]#[N+]CC1(N(CC(=O)c2cccc(C(F)F)c2)C(=O)OC(C)(C)C)CC1. The Morgan fingerprint density at radius 3 is 2.50 bits per heavy atom. The number of hydrogen-bond donors (Lipinski definition) is 0. The van der Waals surface area contributed by atoms with Crippen molar-refractivity contribution in [1.82, 2.24) is 4.90 Å². The van der Waals surface area contributed by atoms with Crippen LogP contribution in [0.25, 0.3) is 4.85 Å². The summed E-state index contributed by atoms with van der Waals surface area (Å²) in [6.45, 7) is 12.0. The standard InChI is InChI=1S/C19H22F2N2O3/c1-18(2,3)26-17(25)23(19(8-9-19)12-22-4)11-15(24)13-6-5-7-14(10-13)16(20)21/h5-7,10,16H,8-9,11-12H2,1-3H3. The third kappa shape index (κ3) is 4.78. The van der Waals surface area contributed by atoms with Crippen LogP contribution in [0.15, 0.2) is 24.3 Å². The molecular formula is C19H22F2N2O3. The third-order valence-electron chi connectivity index (χ3n) is 4.15. The lowest BCUT2D eigenvalue weighted by Gasteiger charge is -2.31. The van der Waals surface area contributed by atoms with Crippen molar-refractivity contribution in [3.63, 3.8) is 0 Å². The highest BCUT2D eigenvalue weighted by Crippen LogP contribution is 2.43. The molecule has 1 aromatic rings. The molecule has 7 heteroatoms. The van der Waals surface area contributed by atoms with Crippen LogP contribution < -0.4 is 0 Å². The Hall–Kier alpha value is -2.49. The van der Waals surface area contributed by atoms with Gasteiger partial charge in [-0.05, 0) is 39.7 Å². The average molecular weight is 364 g/mol. The van der Waals surface area contributed by atoms with Crippen LogP contribution in [-0.4, -0.2) is 41.0 Å². The van der Waals surface area contributed by atoms with Gasteiger partial charge >= 0.3 is 6.09 Å². The first-order chi connectivity index (χ1) is 12.1. The first-order valence-corrected chi connectivity index (χ1v) is 8.33. The Balaban J connectivity index is 2.24. The smallest absolute Gasteiger partial charge is 0.411 e. The van der Waals surface area contributed by atoms with Gasteiger partial charge in [-0.25, -0.2) is 20.1 Å². The molecule has 0 aliphatic heterocycles. The van der Waals surface area contributed by atoms with E-state index in [0.717, 1.165) is 6.07 Å². The Kier molecular flexibility index (Phi) is 5.65. The van der Waals surface area contributed by atoms with E-state index in [1.54, 1.807) is 20.8 Å². The topological polar surface area (TPSA) is 51.0 Å². The number of Topliss-reactive ketones (excluding diaryl/α,β-unsaturated/α-hetero) is 1. The second kappa shape index (κ2) is 7.40. The Labute approximate surface area is 151 Å². The van der Waals surface area contributed by atoms with Crippen LogP contribution in [0, 0.1) is 6.57 Å². The zero-order chi connectivity index (χ0) is 19.5. The Morgan fingerprint density at radius 2 is 2.00 bits per heavy atom. The van der Waals surface area contributed by atoms with Gasteiger partial charge in [0.25, 0.3) is 6.43 Å². The number of ether oxygens (including phenoxy) is 1. The van der Waals surface area contributed by atoms with Gasteiger partial charge in [-0.15, -0.1) is 0 Å². The molecular weight excluding hydrogens is 342 g/mol. The second-order valence-electron chi connectivity index (χ2n) is 7.46. The number of ketones is 1. The number of alkyl halides is 2. The fraction of sp³-hybridized carbons (Fsp3) is 0.526. The summed E-state index contributed by atoms with van der Waals surface area (Å²) in [6, 6.07) is 5.21. The van der Waals surface area contributed by atoms with E-state index in [0.29, 0.717) is 12.8 Å². The number of carbonyl (C=O) groups is 2. The van der Waals surface area contributed by atoms with Crippen LogP contribution in [0.1, 0.15) is 56.0 Å². The van der Waals surface area contributed by atoms with Gasteiger partial charge in [0.1, 0.15) is 11.1 Å².